The quantitative estimate of drug-likeness (QED) is 0.695. The molecule has 0 aliphatic carbocycles. The zero-order chi connectivity index (χ0) is 19.4. The van der Waals surface area contributed by atoms with Crippen molar-refractivity contribution in [2.45, 2.75) is 0 Å². The van der Waals surface area contributed by atoms with E-state index in [4.69, 9.17) is 4.74 Å². The smallest absolute Gasteiger partial charge is 0.265 e. The number of carbonyl (C=O) groups excluding carboxylic acids is 2. The van der Waals surface area contributed by atoms with Gasteiger partial charge in [-0.3, -0.25) is 19.2 Å². The molecule has 2 aliphatic rings. The number of hydrogen-bond donors (Lipinski definition) is 1. The van der Waals surface area contributed by atoms with Crippen LogP contribution in [-0.2, 0) is 20.6 Å². The van der Waals surface area contributed by atoms with Crippen LogP contribution < -0.4 is 14.4 Å². The van der Waals surface area contributed by atoms with Crippen molar-refractivity contribution in [1.29, 1.82) is 0 Å². The summed E-state index contributed by atoms with van der Waals surface area (Å²) in [6, 6.07) is 7.49. The fourth-order valence-electron chi connectivity index (χ4n) is 3.17. The Labute approximate surface area is 161 Å². The summed E-state index contributed by atoms with van der Waals surface area (Å²) in [5.41, 5.74) is 2.45. The summed E-state index contributed by atoms with van der Waals surface area (Å²) in [5, 5.41) is 5.38. The van der Waals surface area contributed by atoms with Crippen LogP contribution in [0.2, 0.25) is 0 Å². The monoisotopic (exact) mass is 395 g/mol. The highest BCUT2D eigenvalue weighted by Crippen LogP contribution is 2.34. The summed E-state index contributed by atoms with van der Waals surface area (Å²) in [7, 11) is 0.0425. The van der Waals surface area contributed by atoms with Gasteiger partial charge in [-0.2, -0.15) is 5.10 Å². The summed E-state index contributed by atoms with van der Waals surface area (Å²) in [5.74, 6) is 0.485. The predicted molar refractivity (Wildman–Crippen MR) is 102 cm³/mol. The third kappa shape index (κ3) is 2.49. The number of nitrogens with zero attached hydrogens (tertiary/aromatic N) is 4. The van der Waals surface area contributed by atoms with Gasteiger partial charge in [0.05, 0.1) is 11.7 Å². The van der Waals surface area contributed by atoms with E-state index < -0.39 is 16.9 Å². The van der Waals surface area contributed by atoms with Crippen LogP contribution in [0.3, 0.4) is 0 Å². The van der Waals surface area contributed by atoms with E-state index in [-0.39, 0.29) is 12.5 Å². The van der Waals surface area contributed by atoms with Crippen LogP contribution in [-0.4, -0.2) is 44.4 Å². The molecule has 1 unspecified atom stereocenters. The SMILES string of the molecule is CN1C(=O)COc2cc(-c3ccc4c(cnn4C4=CC(=O)NS4=O)c3)cnc21. The van der Waals surface area contributed by atoms with Crippen molar-refractivity contribution < 1.29 is 18.5 Å². The Kier molecular flexibility index (Phi) is 3.56. The van der Waals surface area contributed by atoms with Crippen molar-refractivity contribution in [3.63, 3.8) is 0 Å². The number of carbonyl (C=O) groups is 2. The highest BCUT2D eigenvalue weighted by molar-refractivity contribution is 7.93. The Balaban J connectivity index is 1.55. The van der Waals surface area contributed by atoms with Crippen LogP contribution in [0.1, 0.15) is 0 Å². The minimum Gasteiger partial charge on any atom is -0.480 e. The van der Waals surface area contributed by atoms with E-state index >= 15 is 0 Å². The van der Waals surface area contributed by atoms with Gasteiger partial charge in [0.15, 0.2) is 34.2 Å². The first-order valence-corrected chi connectivity index (χ1v) is 9.48. The maximum atomic E-state index is 12.0. The van der Waals surface area contributed by atoms with Crippen LogP contribution in [0.25, 0.3) is 27.1 Å². The summed E-state index contributed by atoms with van der Waals surface area (Å²) < 4.78 is 21.3. The Bertz CT molecular complexity index is 1230. The molecule has 10 heteroatoms. The molecule has 2 aromatic heterocycles. The molecule has 28 heavy (non-hydrogen) atoms. The summed E-state index contributed by atoms with van der Waals surface area (Å²) in [6.07, 6.45) is 4.60. The Morgan fingerprint density at radius 3 is 2.82 bits per heavy atom. The second-order valence-electron chi connectivity index (χ2n) is 6.33. The highest BCUT2D eigenvalue weighted by Gasteiger charge is 2.25. The maximum absolute atomic E-state index is 12.0. The van der Waals surface area contributed by atoms with Crippen LogP contribution in [0, 0.1) is 0 Å². The lowest BCUT2D eigenvalue weighted by Crippen LogP contribution is -2.36. The zero-order valence-corrected chi connectivity index (χ0v) is 15.4. The van der Waals surface area contributed by atoms with Gasteiger partial charge in [-0.1, -0.05) is 6.07 Å². The van der Waals surface area contributed by atoms with E-state index in [0.29, 0.717) is 16.6 Å². The largest absolute Gasteiger partial charge is 0.480 e. The van der Waals surface area contributed by atoms with Gasteiger partial charge < -0.3 is 4.74 Å². The van der Waals surface area contributed by atoms with Gasteiger partial charge in [0, 0.05) is 30.3 Å². The molecule has 4 heterocycles. The van der Waals surface area contributed by atoms with E-state index in [9.17, 15) is 13.8 Å². The lowest BCUT2D eigenvalue weighted by Gasteiger charge is -2.24. The number of fused-ring (bicyclic) bond motifs is 2. The minimum absolute atomic E-state index is 0.0144. The lowest BCUT2D eigenvalue weighted by atomic mass is 10.1. The van der Waals surface area contributed by atoms with E-state index in [2.05, 4.69) is 14.8 Å². The first-order valence-electron chi connectivity index (χ1n) is 8.33. The fraction of sp³-hybridized carbons (Fsp3) is 0.111. The molecular formula is C18H13N5O4S. The van der Waals surface area contributed by atoms with Crippen molar-refractivity contribution in [1.82, 2.24) is 19.5 Å². The van der Waals surface area contributed by atoms with Gasteiger partial charge in [-0.05, 0) is 23.8 Å². The number of pyridine rings is 1. The molecule has 0 spiro atoms. The van der Waals surface area contributed by atoms with Crippen molar-refractivity contribution in [2.24, 2.45) is 0 Å². The molecule has 0 radical (unpaired) electrons. The molecule has 0 saturated heterocycles. The molecule has 140 valence electrons. The standard InChI is InChI=1S/C18H13N5O4S/c1-22-16(25)9-27-14-5-11(7-19-18(14)22)10-2-3-13-12(4-10)8-20-23(13)17-6-15(24)21-28(17)26/h2-8H,9H2,1H3,(H,21,24). The molecule has 9 nitrogen and oxygen atoms in total. The average Bonchev–Trinajstić information content (AvgIpc) is 3.26. The normalized spacial score (nSPS) is 18.7. The minimum atomic E-state index is -1.62. The van der Waals surface area contributed by atoms with Crippen LogP contribution in [0.5, 0.6) is 5.75 Å². The van der Waals surface area contributed by atoms with Crippen LogP contribution >= 0.6 is 0 Å². The molecule has 2 amide bonds. The number of amides is 2. The zero-order valence-electron chi connectivity index (χ0n) is 14.6. The molecule has 0 bridgehead atoms. The third-order valence-corrected chi connectivity index (χ3v) is 5.68. The van der Waals surface area contributed by atoms with Crippen molar-refractivity contribution in [3.05, 3.63) is 42.7 Å². The predicted octanol–water partition coefficient (Wildman–Crippen LogP) is 1.05. The van der Waals surface area contributed by atoms with Gasteiger partial charge in [0.1, 0.15) is 0 Å². The number of ether oxygens (including phenoxy) is 1. The average molecular weight is 395 g/mol. The number of likely N-dealkylation sites (N-methyl/N-ethyl adjacent to an activating group) is 1. The molecule has 1 N–H and O–H groups in total. The topological polar surface area (TPSA) is 106 Å². The van der Waals surface area contributed by atoms with Crippen LogP contribution in [0.4, 0.5) is 5.82 Å². The summed E-state index contributed by atoms with van der Waals surface area (Å²) >= 11 is 0. The Hall–Kier alpha value is -3.53. The first kappa shape index (κ1) is 16.6. The molecule has 1 aromatic carbocycles. The van der Waals surface area contributed by atoms with E-state index in [0.717, 1.165) is 22.0 Å². The van der Waals surface area contributed by atoms with Gasteiger partial charge in [-0.25, -0.2) is 13.9 Å². The third-order valence-electron chi connectivity index (χ3n) is 4.62. The number of anilines is 1. The Morgan fingerprint density at radius 2 is 2.04 bits per heavy atom. The van der Waals surface area contributed by atoms with Crippen LogP contribution in [0.15, 0.2) is 42.7 Å². The molecule has 0 fully saturated rings. The highest BCUT2D eigenvalue weighted by atomic mass is 32.2. The van der Waals surface area contributed by atoms with E-state index in [1.807, 2.05) is 24.3 Å². The maximum Gasteiger partial charge on any atom is 0.265 e. The van der Waals surface area contributed by atoms with E-state index in [1.54, 1.807) is 19.4 Å². The molecule has 1 atom stereocenters. The lowest BCUT2D eigenvalue weighted by molar-refractivity contribution is -0.121. The number of hydrogen-bond acceptors (Lipinski definition) is 6. The Morgan fingerprint density at radius 1 is 1.18 bits per heavy atom. The molecular weight excluding hydrogens is 382 g/mol. The van der Waals surface area contributed by atoms with Crippen molar-refractivity contribution in [2.75, 3.05) is 18.6 Å². The van der Waals surface area contributed by atoms with Gasteiger partial charge in [0.2, 0.25) is 0 Å². The van der Waals surface area contributed by atoms with Gasteiger partial charge in [-0.15, -0.1) is 0 Å². The van der Waals surface area contributed by atoms with Gasteiger partial charge in [0.25, 0.3) is 11.8 Å². The first-order chi connectivity index (χ1) is 13.5. The summed E-state index contributed by atoms with van der Waals surface area (Å²) in [4.78, 5) is 29.0. The molecule has 5 rings (SSSR count). The van der Waals surface area contributed by atoms with Crippen molar-refractivity contribution in [3.8, 4) is 16.9 Å². The number of aromatic nitrogens is 3. The fourth-order valence-corrected chi connectivity index (χ4v) is 4.04. The number of nitrogens with one attached hydrogen (secondary N) is 1. The number of rotatable bonds is 2. The molecule has 3 aromatic rings. The summed E-state index contributed by atoms with van der Waals surface area (Å²) in [6.45, 7) is -0.0144. The van der Waals surface area contributed by atoms with Gasteiger partial charge >= 0.3 is 0 Å². The van der Waals surface area contributed by atoms with Crippen molar-refractivity contribution >= 4 is 44.5 Å². The second-order valence-corrected chi connectivity index (χ2v) is 7.49. The van der Waals surface area contributed by atoms with E-state index in [1.165, 1.54) is 15.7 Å². The second kappa shape index (κ2) is 5.99. The molecule has 0 saturated carbocycles. The number of benzene rings is 1. The molecule has 2 aliphatic heterocycles.